The molecule has 0 unspecified atom stereocenters. The zero-order chi connectivity index (χ0) is 45.7. The van der Waals surface area contributed by atoms with E-state index in [1.807, 2.05) is 41.0 Å². The summed E-state index contributed by atoms with van der Waals surface area (Å²) in [5.41, 5.74) is 9.06. The largest absolute Gasteiger partial charge is 1.00 e. The molecule has 0 atom stereocenters. The molecule has 7 rings (SSSR count). The summed E-state index contributed by atoms with van der Waals surface area (Å²) in [4.78, 5) is 67.2. The maximum atomic E-state index is 13.3. The molecule has 2 aliphatic heterocycles. The van der Waals surface area contributed by atoms with Crippen LogP contribution in [0.1, 0.15) is 153 Å². The van der Waals surface area contributed by atoms with E-state index in [1.165, 1.54) is 130 Å². The number of carbonyl (C=O) groups is 4. The summed E-state index contributed by atoms with van der Waals surface area (Å²) in [6.07, 6.45) is 23.8. The number of nitrogens with zero attached hydrogens (tertiary/aromatic N) is 4. The zero-order valence-electron chi connectivity index (χ0n) is 40.2. The third-order valence-electron chi connectivity index (χ3n) is 13.1. The number of Topliss-reactive ketones (excluding diaryl/α,β-unsaturated/α-hetero) is 1. The number of ether oxygens (including phenoxy) is 3. The predicted octanol–water partition coefficient (Wildman–Crippen LogP) is 5.09. The molecule has 3 aromatic rings. The van der Waals surface area contributed by atoms with Crippen molar-refractivity contribution in [2.24, 2.45) is 0 Å². The Morgan fingerprint density at radius 1 is 0.621 bits per heavy atom. The average Bonchev–Trinajstić information content (AvgIpc) is 3.28. The van der Waals surface area contributed by atoms with Crippen LogP contribution in [0.5, 0.6) is 0 Å². The number of hydrogen-bond donors (Lipinski definition) is 2. The van der Waals surface area contributed by atoms with Gasteiger partial charge in [-0.1, -0.05) is 88.5 Å². The van der Waals surface area contributed by atoms with Crippen molar-refractivity contribution in [1.82, 2.24) is 19.4 Å². The Morgan fingerprint density at radius 2 is 1.08 bits per heavy atom. The van der Waals surface area contributed by atoms with E-state index >= 15 is 0 Å². The molecule has 1 aromatic heterocycles. The SMILES string of the molecule is CCOC(=O)C(=O)C(=O)OCC.CCOC(=O)c1nc2ccccc2n(C2CCN(C3CCCCCCC3)CC2)c1=O.Nc1ccccc1NC1CCN(C2CCCCCCC2)CC1.[Na+].[OH-]. The number of esters is 3. The van der Waals surface area contributed by atoms with Gasteiger partial charge in [-0.3, -0.25) is 9.59 Å². The van der Waals surface area contributed by atoms with E-state index in [0.717, 1.165) is 48.9 Å². The molecule has 360 valence electrons. The number of nitrogens with two attached hydrogens (primary N) is 1. The predicted molar refractivity (Wildman–Crippen MR) is 253 cm³/mol. The molecule has 4 N–H and O–H groups in total. The number of nitrogen functional groups attached to an aromatic ring is 1. The first-order valence-corrected chi connectivity index (χ1v) is 24.3. The van der Waals surface area contributed by atoms with E-state index in [2.05, 4.69) is 41.7 Å². The molecule has 0 spiro atoms. The van der Waals surface area contributed by atoms with E-state index < -0.39 is 23.7 Å². The summed E-state index contributed by atoms with van der Waals surface area (Å²) in [6.45, 7) is 9.67. The van der Waals surface area contributed by atoms with Gasteiger partial charge in [0.05, 0.1) is 42.2 Å². The van der Waals surface area contributed by atoms with E-state index in [4.69, 9.17) is 10.5 Å². The van der Waals surface area contributed by atoms with E-state index in [9.17, 15) is 24.0 Å². The number of ketones is 1. The number of hydrogen-bond acceptors (Lipinski definition) is 14. The van der Waals surface area contributed by atoms with Crippen molar-refractivity contribution >= 4 is 46.1 Å². The van der Waals surface area contributed by atoms with Gasteiger partial charge in [-0.05, 0) is 96.4 Å². The second kappa shape index (κ2) is 30.5. The van der Waals surface area contributed by atoms with Gasteiger partial charge in [0.15, 0.2) is 0 Å². The molecule has 16 heteroatoms. The molecule has 15 nitrogen and oxygen atoms in total. The Hall–Kier alpha value is -3.86. The minimum Gasteiger partial charge on any atom is -0.870 e. The minimum atomic E-state index is -1.27. The number of para-hydroxylation sites is 4. The molecule has 2 aromatic carbocycles. The number of nitrogens with one attached hydrogen (secondary N) is 1. The van der Waals surface area contributed by atoms with Gasteiger partial charge in [-0.15, -0.1) is 0 Å². The Labute approximate surface area is 413 Å². The smallest absolute Gasteiger partial charge is 0.870 e. The number of benzene rings is 2. The van der Waals surface area contributed by atoms with Gasteiger partial charge < -0.3 is 45.1 Å². The van der Waals surface area contributed by atoms with E-state index in [0.29, 0.717) is 17.6 Å². The second-order valence-corrected chi connectivity index (χ2v) is 17.4. The summed E-state index contributed by atoms with van der Waals surface area (Å²) < 4.78 is 15.5. The summed E-state index contributed by atoms with van der Waals surface area (Å²) in [7, 11) is 0. The molecule has 2 aliphatic carbocycles. The molecular weight excluding hydrogens is 852 g/mol. The fourth-order valence-electron chi connectivity index (χ4n) is 9.69. The molecule has 66 heavy (non-hydrogen) atoms. The number of anilines is 2. The van der Waals surface area contributed by atoms with Gasteiger partial charge in [0.2, 0.25) is 5.69 Å². The van der Waals surface area contributed by atoms with Crippen LogP contribution in [0.4, 0.5) is 11.4 Å². The van der Waals surface area contributed by atoms with Crippen LogP contribution in [0.15, 0.2) is 53.3 Å². The molecule has 0 bridgehead atoms. The third-order valence-corrected chi connectivity index (χ3v) is 13.1. The quantitative estimate of drug-likeness (QED) is 0.0643. The molecule has 0 radical (unpaired) electrons. The Kier molecular flexibility index (Phi) is 26.1. The van der Waals surface area contributed by atoms with Crippen LogP contribution in [0.2, 0.25) is 0 Å². The van der Waals surface area contributed by atoms with Crippen LogP contribution in [0, 0.1) is 0 Å². The molecule has 2 saturated heterocycles. The normalized spacial score (nSPS) is 18.3. The second-order valence-electron chi connectivity index (χ2n) is 17.4. The van der Waals surface area contributed by atoms with Gasteiger partial charge >= 0.3 is 53.2 Å². The number of aromatic nitrogens is 2. The maximum absolute atomic E-state index is 13.3. The van der Waals surface area contributed by atoms with Crippen molar-refractivity contribution in [2.75, 3.05) is 57.1 Å². The zero-order valence-corrected chi connectivity index (χ0v) is 42.2. The van der Waals surface area contributed by atoms with Gasteiger partial charge in [-0.25, -0.2) is 19.4 Å². The summed E-state index contributed by atoms with van der Waals surface area (Å²) >= 11 is 0. The van der Waals surface area contributed by atoms with Crippen molar-refractivity contribution < 1.29 is 68.4 Å². The average molecular weight is 927 g/mol. The molecule has 0 amide bonds. The van der Waals surface area contributed by atoms with Crippen LogP contribution in [0.25, 0.3) is 11.0 Å². The van der Waals surface area contributed by atoms with Crippen molar-refractivity contribution in [3.8, 4) is 0 Å². The molecule has 4 fully saturated rings. The monoisotopic (exact) mass is 927 g/mol. The fourth-order valence-corrected chi connectivity index (χ4v) is 9.69. The first-order valence-electron chi connectivity index (χ1n) is 24.3. The van der Waals surface area contributed by atoms with Gasteiger partial charge in [0.25, 0.3) is 5.56 Å². The van der Waals surface area contributed by atoms with Crippen molar-refractivity contribution in [3.05, 3.63) is 64.6 Å². The number of fused-ring (bicyclic) bond motifs is 1. The summed E-state index contributed by atoms with van der Waals surface area (Å²) in [6, 6.07) is 17.9. The van der Waals surface area contributed by atoms with Crippen molar-refractivity contribution in [1.29, 1.82) is 0 Å². The van der Waals surface area contributed by atoms with Crippen LogP contribution in [0.3, 0.4) is 0 Å². The van der Waals surface area contributed by atoms with Gasteiger partial charge in [0.1, 0.15) is 0 Å². The van der Waals surface area contributed by atoms with Gasteiger partial charge in [-0.2, -0.15) is 0 Å². The topological polar surface area (TPSA) is 205 Å². The fraction of sp³-hybridized carbons (Fsp3) is 0.640. The number of rotatable bonds is 11. The minimum absolute atomic E-state index is 0. The van der Waals surface area contributed by atoms with Crippen LogP contribution in [-0.4, -0.2) is 113 Å². The maximum Gasteiger partial charge on any atom is 1.00 e. The Morgan fingerprint density at radius 3 is 1.58 bits per heavy atom. The molecule has 4 aliphatic rings. The molecular formula is C50H75N6NaO9. The van der Waals surface area contributed by atoms with Crippen LogP contribution < -0.4 is 46.2 Å². The van der Waals surface area contributed by atoms with E-state index in [-0.39, 0.29) is 72.1 Å². The van der Waals surface area contributed by atoms with Crippen molar-refractivity contribution in [3.63, 3.8) is 0 Å². The Bertz CT molecular complexity index is 1960. The first-order chi connectivity index (χ1) is 31.1. The number of carbonyl (C=O) groups excluding carboxylic acids is 4. The summed E-state index contributed by atoms with van der Waals surface area (Å²) in [5, 5.41) is 3.64. The van der Waals surface area contributed by atoms with Crippen LogP contribution >= 0.6 is 0 Å². The number of likely N-dealkylation sites (tertiary alicyclic amines) is 2. The first kappa shape index (κ1) is 56.5. The Balaban J connectivity index is 0.000000283. The van der Waals surface area contributed by atoms with E-state index in [1.54, 1.807) is 6.92 Å². The standard InChI is InChI=1S/C24H33N3O3.C19H31N3.C7H10O5.Na.H2O/c1-2-30-24(29)22-23(28)27(21-13-9-8-12-20(21)25-22)19-14-16-26(17-15-19)18-10-6-4-3-5-7-11-18;20-18-10-6-7-11-19(18)21-16-12-14-22(15-13-16)17-8-4-2-1-3-5-9-17;1-3-11-6(9)5(8)7(10)12-4-2;;/h8-9,12-13,18-19H,2-7,10-11,14-17H2,1H3;6-7,10-11,16-17,21H,1-5,8-9,12-15,20H2;3-4H2,1-2H3;;1H2/q;;;+1;/p-1. The molecule has 2 saturated carbocycles. The number of piperidine rings is 2. The van der Waals surface area contributed by atoms with Crippen LogP contribution in [-0.2, 0) is 28.6 Å². The van der Waals surface area contributed by atoms with Crippen molar-refractivity contribution in [2.45, 2.75) is 161 Å². The molecule has 3 heterocycles. The summed E-state index contributed by atoms with van der Waals surface area (Å²) in [5.74, 6) is -4.24. The third kappa shape index (κ3) is 17.0. The van der Waals surface area contributed by atoms with Gasteiger partial charge in [0, 0.05) is 50.3 Å².